The standard InChI is InChI=1S/C11H13ClN4/c1-7-3-10(16(2)15-7)5-8-4-9(12)6-14-11(8)13/h3-4,6H,5H2,1-2H3,(H2,13,14). The zero-order valence-corrected chi connectivity index (χ0v) is 9.99. The molecule has 0 unspecified atom stereocenters. The van der Waals surface area contributed by atoms with Crippen LogP contribution >= 0.6 is 11.6 Å². The summed E-state index contributed by atoms with van der Waals surface area (Å²) >= 11 is 5.89. The van der Waals surface area contributed by atoms with Gasteiger partial charge in [-0.05, 0) is 19.1 Å². The number of aromatic nitrogens is 3. The van der Waals surface area contributed by atoms with Gasteiger partial charge in [0.1, 0.15) is 5.82 Å². The average Bonchev–Trinajstić information content (AvgIpc) is 2.51. The highest BCUT2D eigenvalue weighted by Gasteiger charge is 2.07. The van der Waals surface area contributed by atoms with E-state index in [-0.39, 0.29) is 0 Å². The largest absolute Gasteiger partial charge is 0.383 e. The normalized spacial score (nSPS) is 10.7. The van der Waals surface area contributed by atoms with Gasteiger partial charge in [-0.1, -0.05) is 11.6 Å². The lowest BCUT2D eigenvalue weighted by atomic mass is 10.1. The smallest absolute Gasteiger partial charge is 0.127 e. The maximum atomic E-state index is 5.89. The molecule has 0 aromatic carbocycles. The summed E-state index contributed by atoms with van der Waals surface area (Å²) in [4.78, 5) is 4.03. The van der Waals surface area contributed by atoms with Crippen molar-refractivity contribution in [2.45, 2.75) is 13.3 Å². The zero-order valence-electron chi connectivity index (χ0n) is 9.24. The maximum Gasteiger partial charge on any atom is 0.127 e. The molecule has 0 saturated carbocycles. The Morgan fingerprint density at radius 3 is 2.81 bits per heavy atom. The number of nitrogens with zero attached hydrogens (tertiary/aromatic N) is 3. The third-order valence-electron chi connectivity index (χ3n) is 2.44. The molecule has 0 fully saturated rings. The zero-order chi connectivity index (χ0) is 11.7. The van der Waals surface area contributed by atoms with Crippen LogP contribution in [-0.2, 0) is 13.5 Å². The quantitative estimate of drug-likeness (QED) is 0.867. The van der Waals surface area contributed by atoms with Gasteiger partial charge in [0.2, 0.25) is 0 Å². The van der Waals surface area contributed by atoms with Gasteiger partial charge < -0.3 is 5.73 Å². The first-order valence-electron chi connectivity index (χ1n) is 4.95. The molecule has 0 bridgehead atoms. The molecule has 0 atom stereocenters. The molecular weight excluding hydrogens is 224 g/mol. The summed E-state index contributed by atoms with van der Waals surface area (Å²) in [7, 11) is 1.91. The Hall–Kier alpha value is -1.55. The Kier molecular flexibility index (Phi) is 2.83. The fourth-order valence-electron chi connectivity index (χ4n) is 1.66. The molecule has 0 amide bonds. The third-order valence-corrected chi connectivity index (χ3v) is 2.65. The molecule has 0 spiro atoms. The number of hydrogen-bond acceptors (Lipinski definition) is 3. The van der Waals surface area contributed by atoms with Gasteiger partial charge in [-0.25, -0.2) is 4.98 Å². The van der Waals surface area contributed by atoms with Gasteiger partial charge in [0.25, 0.3) is 0 Å². The number of rotatable bonds is 2. The Morgan fingerprint density at radius 2 is 2.19 bits per heavy atom. The van der Waals surface area contributed by atoms with Crippen LogP contribution in [0.4, 0.5) is 5.82 Å². The molecule has 2 heterocycles. The van der Waals surface area contributed by atoms with E-state index in [1.54, 1.807) is 6.20 Å². The first-order chi connectivity index (χ1) is 7.56. The van der Waals surface area contributed by atoms with Crippen LogP contribution in [0.2, 0.25) is 5.02 Å². The first kappa shape index (κ1) is 11.0. The number of nitrogen functional groups attached to an aromatic ring is 1. The van der Waals surface area contributed by atoms with Crippen LogP contribution in [0.5, 0.6) is 0 Å². The van der Waals surface area contributed by atoms with Gasteiger partial charge in [-0.15, -0.1) is 0 Å². The molecule has 0 radical (unpaired) electrons. The highest BCUT2D eigenvalue weighted by molar-refractivity contribution is 6.30. The Balaban J connectivity index is 2.33. The van der Waals surface area contributed by atoms with Crippen LogP contribution in [0.15, 0.2) is 18.3 Å². The second-order valence-electron chi connectivity index (χ2n) is 3.78. The molecule has 5 heteroatoms. The van der Waals surface area contributed by atoms with Gasteiger partial charge in [0.15, 0.2) is 0 Å². The van der Waals surface area contributed by atoms with Crippen LogP contribution in [0.1, 0.15) is 17.0 Å². The first-order valence-corrected chi connectivity index (χ1v) is 5.33. The average molecular weight is 237 g/mol. The van der Waals surface area contributed by atoms with Crippen LogP contribution < -0.4 is 5.73 Å². The molecule has 2 N–H and O–H groups in total. The van der Waals surface area contributed by atoms with Gasteiger partial charge >= 0.3 is 0 Å². The third kappa shape index (κ3) is 2.17. The van der Waals surface area contributed by atoms with E-state index in [0.29, 0.717) is 17.3 Å². The van der Waals surface area contributed by atoms with Gasteiger partial charge in [0, 0.05) is 30.9 Å². The van der Waals surface area contributed by atoms with Crippen molar-refractivity contribution in [3.05, 3.63) is 40.3 Å². The van der Waals surface area contributed by atoms with E-state index in [1.165, 1.54) is 0 Å². The van der Waals surface area contributed by atoms with E-state index >= 15 is 0 Å². The van der Waals surface area contributed by atoms with Crippen molar-refractivity contribution in [3.63, 3.8) is 0 Å². The van der Waals surface area contributed by atoms with Crippen molar-refractivity contribution in [1.29, 1.82) is 0 Å². The second kappa shape index (κ2) is 4.14. The van der Waals surface area contributed by atoms with E-state index in [4.69, 9.17) is 17.3 Å². The van der Waals surface area contributed by atoms with Crippen molar-refractivity contribution in [2.75, 3.05) is 5.73 Å². The van der Waals surface area contributed by atoms with Crippen LogP contribution in [0.25, 0.3) is 0 Å². The molecule has 2 aromatic rings. The number of pyridine rings is 1. The summed E-state index contributed by atoms with van der Waals surface area (Å²) in [6.45, 7) is 1.96. The second-order valence-corrected chi connectivity index (χ2v) is 4.21. The summed E-state index contributed by atoms with van der Waals surface area (Å²) in [5.74, 6) is 0.517. The molecule has 84 valence electrons. The Morgan fingerprint density at radius 1 is 1.44 bits per heavy atom. The fraction of sp³-hybridized carbons (Fsp3) is 0.273. The van der Waals surface area contributed by atoms with Crippen molar-refractivity contribution in [1.82, 2.24) is 14.8 Å². The van der Waals surface area contributed by atoms with E-state index < -0.39 is 0 Å². The summed E-state index contributed by atoms with van der Waals surface area (Å²) < 4.78 is 1.84. The maximum absolute atomic E-state index is 5.89. The van der Waals surface area contributed by atoms with Crippen LogP contribution in [0, 0.1) is 6.92 Å². The predicted octanol–water partition coefficient (Wildman–Crippen LogP) is 1.95. The number of aryl methyl sites for hydroxylation is 2. The summed E-state index contributed by atoms with van der Waals surface area (Å²) in [5, 5.41) is 4.88. The lowest BCUT2D eigenvalue weighted by molar-refractivity contribution is 0.716. The lowest BCUT2D eigenvalue weighted by Crippen LogP contribution is -2.03. The highest BCUT2D eigenvalue weighted by Crippen LogP contribution is 2.18. The van der Waals surface area contributed by atoms with Gasteiger partial charge in [-0.3, -0.25) is 4.68 Å². The summed E-state index contributed by atoms with van der Waals surface area (Å²) in [6, 6.07) is 3.87. The van der Waals surface area contributed by atoms with Crippen molar-refractivity contribution in [3.8, 4) is 0 Å². The molecule has 0 aliphatic rings. The number of anilines is 1. The number of nitrogens with two attached hydrogens (primary N) is 1. The molecule has 16 heavy (non-hydrogen) atoms. The van der Waals surface area contributed by atoms with E-state index in [2.05, 4.69) is 10.1 Å². The highest BCUT2D eigenvalue weighted by atomic mass is 35.5. The molecule has 2 aromatic heterocycles. The lowest BCUT2D eigenvalue weighted by Gasteiger charge is -2.05. The molecular formula is C11H13ClN4. The molecule has 0 aliphatic heterocycles. The minimum absolute atomic E-state index is 0.517. The Bertz CT molecular complexity index is 519. The van der Waals surface area contributed by atoms with E-state index in [1.807, 2.05) is 30.8 Å². The summed E-state index contributed by atoms with van der Waals surface area (Å²) in [6.07, 6.45) is 2.24. The van der Waals surface area contributed by atoms with Gasteiger partial charge in [-0.2, -0.15) is 5.10 Å². The monoisotopic (exact) mass is 236 g/mol. The SMILES string of the molecule is Cc1cc(Cc2cc(Cl)cnc2N)n(C)n1. The van der Waals surface area contributed by atoms with E-state index in [0.717, 1.165) is 17.0 Å². The number of halogens is 1. The Labute approximate surface area is 99.1 Å². The molecule has 0 aliphatic carbocycles. The summed E-state index contributed by atoms with van der Waals surface area (Å²) in [5.41, 5.74) is 8.80. The predicted molar refractivity (Wildman–Crippen MR) is 64.4 cm³/mol. The van der Waals surface area contributed by atoms with Crippen LogP contribution in [-0.4, -0.2) is 14.8 Å². The van der Waals surface area contributed by atoms with Crippen molar-refractivity contribution >= 4 is 17.4 Å². The number of hydrogen-bond donors (Lipinski definition) is 1. The fourth-order valence-corrected chi connectivity index (χ4v) is 1.84. The van der Waals surface area contributed by atoms with Gasteiger partial charge in [0.05, 0.1) is 10.7 Å². The molecule has 4 nitrogen and oxygen atoms in total. The topological polar surface area (TPSA) is 56.7 Å². The molecule has 2 rings (SSSR count). The minimum Gasteiger partial charge on any atom is -0.383 e. The van der Waals surface area contributed by atoms with Crippen molar-refractivity contribution in [2.24, 2.45) is 7.05 Å². The molecule has 0 saturated heterocycles. The van der Waals surface area contributed by atoms with E-state index in [9.17, 15) is 0 Å². The minimum atomic E-state index is 0.517. The van der Waals surface area contributed by atoms with Crippen LogP contribution in [0.3, 0.4) is 0 Å². The van der Waals surface area contributed by atoms with Crippen molar-refractivity contribution < 1.29 is 0 Å².